The summed E-state index contributed by atoms with van der Waals surface area (Å²) >= 11 is 0. The summed E-state index contributed by atoms with van der Waals surface area (Å²) in [5, 5.41) is 27.2. The first-order chi connectivity index (χ1) is 15.5. The first kappa shape index (κ1) is 19.4. The summed E-state index contributed by atoms with van der Waals surface area (Å²) in [4.78, 5) is 14.8. The molecule has 2 N–H and O–H groups in total. The standard InChI is InChI=1S/C23H24N6O3/c1-28-10-15(9-24-28)13-2-3-19(21(30)5-13)20-4-14-6-22(31)29(23(14)27-26-20)18-7-16-11-32-12-17(8-18)25-16/h2-5,9-10,16-18,25,30H,6-8,11-12H2,1H3. The number of benzene rings is 1. The summed E-state index contributed by atoms with van der Waals surface area (Å²) in [6.07, 6.45) is 5.65. The number of rotatable bonds is 3. The topological polar surface area (TPSA) is 105 Å². The molecule has 0 aliphatic carbocycles. The van der Waals surface area contributed by atoms with Crippen molar-refractivity contribution in [3.05, 3.63) is 42.2 Å². The lowest BCUT2D eigenvalue weighted by Gasteiger charge is -2.42. The molecule has 0 radical (unpaired) electrons. The Morgan fingerprint density at radius 3 is 2.66 bits per heavy atom. The predicted octanol–water partition coefficient (Wildman–Crippen LogP) is 1.66. The summed E-state index contributed by atoms with van der Waals surface area (Å²) < 4.78 is 7.36. The largest absolute Gasteiger partial charge is 0.507 e. The van der Waals surface area contributed by atoms with E-state index in [1.807, 2.05) is 36.3 Å². The zero-order valence-corrected chi connectivity index (χ0v) is 17.7. The number of hydrogen-bond donors (Lipinski definition) is 2. The lowest BCUT2D eigenvalue weighted by Crippen LogP contribution is -2.59. The number of phenolic OH excluding ortho intramolecular Hbond substituents is 1. The highest BCUT2D eigenvalue weighted by Crippen LogP contribution is 2.37. The van der Waals surface area contributed by atoms with Gasteiger partial charge in [0.1, 0.15) is 5.75 Å². The molecule has 2 aromatic heterocycles. The van der Waals surface area contributed by atoms with Crippen molar-refractivity contribution in [2.24, 2.45) is 7.05 Å². The number of carbonyl (C=O) groups is 1. The normalized spacial score (nSPS) is 24.6. The van der Waals surface area contributed by atoms with Crippen LogP contribution in [-0.4, -0.2) is 62.3 Å². The van der Waals surface area contributed by atoms with Crippen LogP contribution in [-0.2, 0) is 23.0 Å². The Hall–Kier alpha value is -3.30. The smallest absolute Gasteiger partial charge is 0.233 e. The minimum atomic E-state index is 0.0634. The molecule has 9 nitrogen and oxygen atoms in total. The Labute approximate surface area is 185 Å². The number of ether oxygens (including phenoxy) is 1. The number of aromatic hydroxyl groups is 1. The van der Waals surface area contributed by atoms with Crippen molar-refractivity contribution in [3.63, 3.8) is 0 Å². The van der Waals surface area contributed by atoms with Crippen molar-refractivity contribution in [2.45, 2.75) is 37.4 Å². The van der Waals surface area contributed by atoms with Crippen molar-refractivity contribution in [1.82, 2.24) is 25.3 Å². The maximum atomic E-state index is 12.9. The Morgan fingerprint density at radius 2 is 1.94 bits per heavy atom. The van der Waals surface area contributed by atoms with Gasteiger partial charge in [-0.15, -0.1) is 10.2 Å². The number of phenols is 1. The van der Waals surface area contributed by atoms with Crippen LogP contribution in [0.3, 0.4) is 0 Å². The molecule has 3 aliphatic heterocycles. The molecule has 2 bridgehead atoms. The highest BCUT2D eigenvalue weighted by atomic mass is 16.5. The fraction of sp³-hybridized carbons (Fsp3) is 0.391. The molecule has 2 fully saturated rings. The summed E-state index contributed by atoms with van der Waals surface area (Å²) in [5.74, 6) is 0.831. The van der Waals surface area contributed by atoms with Gasteiger partial charge in [-0.1, -0.05) is 6.07 Å². The molecule has 164 valence electrons. The molecular formula is C23H24N6O3. The zero-order chi connectivity index (χ0) is 21.8. The van der Waals surface area contributed by atoms with E-state index in [2.05, 4.69) is 20.6 Å². The number of morpholine rings is 1. The highest BCUT2D eigenvalue weighted by molar-refractivity contribution is 6.01. The molecule has 2 saturated heterocycles. The molecule has 2 atom stereocenters. The van der Waals surface area contributed by atoms with E-state index in [-0.39, 0.29) is 29.8 Å². The minimum absolute atomic E-state index is 0.0634. The van der Waals surface area contributed by atoms with Crippen molar-refractivity contribution >= 4 is 11.7 Å². The molecule has 3 aliphatic rings. The average molecular weight is 432 g/mol. The first-order valence-electron chi connectivity index (χ1n) is 10.9. The lowest BCUT2D eigenvalue weighted by atomic mass is 9.91. The van der Waals surface area contributed by atoms with E-state index in [1.54, 1.807) is 16.9 Å². The molecule has 9 heteroatoms. The molecule has 2 unspecified atom stereocenters. The van der Waals surface area contributed by atoms with Crippen LogP contribution < -0.4 is 10.2 Å². The number of piperidine rings is 1. The molecule has 5 heterocycles. The van der Waals surface area contributed by atoms with Gasteiger partial charge in [-0.3, -0.25) is 14.4 Å². The van der Waals surface area contributed by atoms with Crippen molar-refractivity contribution < 1.29 is 14.6 Å². The Morgan fingerprint density at radius 1 is 1.12 bits per heavy atom. The predicted molar refractivity (Wildman–Crippen MR) is 117 cm³/mol. The maximum Gasteiger partial charge on any atom is 0.233 e. The van der Waals surface area contributed by atoms with Gasteiger partial charge in [-0.2, -0.15) is 5.10 Å². The number of fused-ring (bicyclic) bond motifs is 3. The number of aryl methyl sites for hydroxylation is 1. The molecule has 0 saturated carbocycles. The summed E-state index contributed by atoms with van der Waals surface area (Å²) in [5.41, 5.74) is 3.80. The van der Waals surface area contributed by atoms with Gasteiger partial charge in [0, 0.05) is 48.1 Å². The number of hydrogen-bond acceptors (Lipinski definition) is 7. The fourth-order valence-electron chi connectivity index (χ4n) is 5.15. The molecular weight excluding hydrogens is 408 g/mol. The number of aromatic nitrogens is 4. The Bertz CT molecular complexity index is 1200. The van der Waals surface area contributed by atoms with Gasteiger partial charge in [-0.25, -0.2) is 0 Å². The SMILES string of the molecule is Cn1cc(-c2ccc(-c3cc4c(nn3)N(C3CC5COCC(C3)N5)C(=O)C4)c(O)c2)cn1. The first-order valence-corrected chi connectivity index (χ1v) is 10.9. The Balaban J connectivity index is 1.29. The van der Waals surface area contributed by atoms with E-state index in [4.69, 9.17) is 4.74 Å². The monoisotopic (exact) mass is 432 g/mol. The quantitative estimate of drug-likeness (QED) is 0.648. The second-order valence-electron chi connectivity index (χ2n) is 8.88. The van der Waals surface area contributed by atoms with E-state index < -0.39 is 0 Å². The van der Waals surface area contributed by atoms with Gasteiger partial charge in [0.25, 0.3) is 0 Å². The second-order valence-corrected chi connectivity index (χ2v) is 8.88. The summed E-state index contributed by atoms with van der Waals surface area (Å²) in [6.45, 7) is 1.36. The lowest BCUT2D eigenvalue weighted by molar-refractivity contribution is -0.118. The van der Waals surface area contributed by atoms with Gasteiger partial charge < -0.3 is 15.2 Å². The minimum Gasteiger partial charge on any atom is -0.507 e. The van der Waals surface area contributed by atoms with Crippen LogP contribution in [0.1, 0.15) is 18.4 Å². The highest BCUT2D eigenvalue weighted by Gasteiger charge is 2.41. The van der Waals surface area contributed by atoms with Crippen molar-refractivity contribution in [1.29, 1.82) is 0 Å². The third-order valence-electron chi connectivity index (χ3n) is 6.59. The van der Waals surface area contributed by atoms with Crippen LogP contribution in [0.15, 0.2) is 36.7 Å². The Kier molecular flexibility index (Phi) is 4.48. The van der Waals surface area contributed by atoms with Crippen molar-refractivity contribution in [3.8, 4) is 28.1 Å². The van der Waals surface area contributed by atoms with Crippen LogP contribution in [0.4, 0.5) is 5.82 Å². The van der Waals surface area contributed by atoms with Gasteiger partial charge in [0.2, 0.25) is 5.91 Å². The van der Waals surface area contributed by atoms with E-state index in [0.29, 0.717) is 36.7 Å². The maximum absolute atomic E-state index is 12.9. The average Bonchev–Trinajstić information content (AvgIpc) is 3.35. The number of nitrogens with one attached hydrogen (secondary N) is 1. The number of anilines is 1. The van der Waals surface area contributed by atoms with Gasteiger partial charge in [0.15, 0.2) is 5.82 Å². The van der Waals surface area contributed by atoms with Gasteiger partial charge >= 0.3 is 0 Å². The van der Waals surface area contributed by atoms with Crippen LogP contribution in [0.2, 0.25) is 0 Å². The van der Waals surface area contributed by atoms with Crippen LogP contribution >= 0.6 is 0 Å². The molecule has 32 heavy (non-hydrogen) atoms. The van der Waals surface area contributed by atoms with E-state index in [0.717, 1.165) is 29.5 Å². The molecule has 1 aromatic carbocycles. The summed E-state index contributed by atoms with van der Waals surface area (Å²) in [6, 6.07) is 7.98. The molecule has 0 spiro atoms. The van der Waals surface area contributed by atoms with E-state index >= 15 is 0 Å². The third-order valence-corrected chi connectivity index (χ3v) is 6.59. The van der Waals surface area contributed by atoms with Gasteiger partial charge in [-0.05, 0) is 36.6 Å². The second kappa shape index (κ2) is 7.39. The number of carbonyl (C=O) groups excluding carboxylic acids is 1. The van der Waals surface area contributed by atoms with Crippen LogP contribution in [0.25, 0.3) is 22.4 Å². The molecule has 1 amide bonds. The third kappa shape index (κ3) is 3.25. The van der Waals surface area contributed by atoms with E-state index in [1.165, 1.54) is 0 Å². The number of amides is 1. The van der Waals surface area contributed by atoms with E-state index in [9.17, 15) is 9.90 Å². The number of nitrogens with zero attached hydrogens (tertiary/aromatic N) is 5. The van der Waals surface area contributed by atoms with Gasteiger partial charge in [0.05, 0.1) is 31.5 Å². The fourth-order valence-corrected chi connectivity index (χ4v) is 5.15. The molecule has 3 aromatic rings. The van der Waals surface area contributed by atoms with Crippen LogP contribution in [0, 0.1) is 0 Å². The van der Waals surface area contributed by atoms with Crippen LogP contribution in [0.5, 0.6) is 5.75 Å². The zero-order valence-electron chi connectivity index (χ0n) is 17.7. The summed E-state index contributed by atoms with van der Waals surface area (Å²) in [7, 11) is 1.85. The molecule has 6 rings (SSSR count). The van der Waals surface area contributed by atoms with Crippen molar-refractivity contribution in [2.75, 3.05) is 18.1 Å².